The summed E-state index contributed by atoms with van der Waals surface area (Å²) < 4.78 is 38.9. The van der Waals surface area contributed by atoms with E-state index in [1.807, 2.05) is 20.8 Å². The fourth-order valence-corrected chi connectivity index (χ4v) is 2.30. The normalized spacial score (nSPS) is 12.9. The fraction of sp³-hybridized carbons (Fsp3) is 0.357. The van der Waals surface area contributed by atoms with Gasteiger partial charge >= 0.3 is 6.18 Å². The number of hydrogen-bond acceptors (Lipinski definition) is 2. The van der Waals surface area contributed by atoms with Crippen LogP contribution in [0.3, 0.4) is 0 Å². The lowest BCUT2D eigenvalue weighted by Crippen LogP contribution is -2.16. The number of nitrogens with zero attached hydrogens (tertiary/aromatic N) is 1. The van der Waals surface area contributed by atoms with Gasteiger partial charge in [0.2, 0.25) is 0 Å². The number of pyridine rings is 1. The first-order valence-electron chi connectivity index (χ1n) is 5.87. The number of nitrogen functional groups attached to an aromatic ring is 1. The van der Waals surface area contributed by atoms with Gasteiger partial charge in [-0.05, 0) is 17.0 Å². The van der Waals surface area contributed by atoms with Gasteiger partial charge in [-0.25, -0.2) is 0 Å². The lowest BCUT2D eigenvalue weighted by atomic mass is 9.83. The van der Waals surface area contributed by atoms with Crippen LogP contribution in [0.5, 0.6) is 0 Å². The Morgan fingerprint density at radius 2 is 1.74 bits per heavy atom. The number of fused-ring (bicyclic) bond motifs is 1. The summed E-state index contributed by atoms with van der Waals surface area (Å²) in [6, 6.07) is 4.06. The SMILES string of the molecule is CC(C)(C)c1c(N)cnc2c(C(F)(F)F)cccc12. The van der Waals surface area contributed by atoms with Crippen LogP contribution in [0.25, 0.3) is 10.9 Å². The summed E-state index contributed by atoms with van der Waals surface area (Å²) in [6.45, 7) is 5.75. The highest BCUT2D eigenvalue weighted by Crippen LogP contribution is 2.39. The molecule has 2 nitrogen and oxygen atoms in total. The van der Waals surface area contributed by atoms with E-state index in [9.17, 15) is 13.2 Å². The first-order chi connectivity index (χ1) is 8.62. The van der Waals surface area contributed by atoms with Gasteiger partial charge in [0.1, 0.15) is 0 Å². The molecule has 2 rings (SSSR count). The second kappa shape index (κ2) is 4.11. The van der Waals surface area contributed by atoms with Crippen LogP contribution in [0.2, 0.25) is 0 Å². The molecule has 102 valence electrons. The van der Waals surface area contributed by atoms with Crippen molar-refractivity contribution in [1.29, 1.82) is 0 Å². The van der Waals surface area contributed by atoms with E-state index in [4.69, 9.17) is 5.73 Å². The summed E-state index contributed by atoms with van der Waals surface area (Å²) in [5.74, 6) is 0. The molecular formula is C14H15F3N2. The Balaban J connectivity index is 2.90. The third-order valence-electron chi connectivity index (χ3n) is 2.98. The topological polar surface area (TPSA) is 38.9 Å². The molecule has 1 aromatic heterocycles. The summed E-state index contributed by atoms with van der Waals surface area (Å²) in [5, 5.41) is 0.460. The molecule has 0 saturated heterocycles. The maximum atomic E-state index is 13.0. The van der Waals surface area contributed by atoms with E-state index in [1.165, 1.54) is 12.3 Å². The number of nitrogens with two attached hydrogens (primary N) is 1. The monoisotopic (exact) mass is 268 g/mol. The van der Waals surface area contributed by atoms with Crippen molar-refractivity contribution < 1.29 is 13.2 Å². The lowest BCUT2D eigenvalue weighted by Gasteiger charge is -2.24. The molecule has 0 saturated carbocycles. The fourth-order valence-electron chi connectivity index (χ4n) is 2.30. The summed E-state index contributed by atoms with van der Waals surface area (Å²) in [6.07, 6.45) is -3.12. The van der Waals surface area contributed by atoms with Crippen LogP contribution in [0.15, 0.2) is 24.4 Å². The van der Waals surface area contributed by atoms with Crippen molar-refractivity contribution in [3.05, 3.63) is 35.5 Å². The Labute approximate surface area is 109 Å². The average molecular weight is 268 g/mol. The lowest BCUT2D eigenvalue weighted by molar-refractivity contribution is -0.136. The van der Waals surface area contributed by atoms with Crippen molar-refractivity contribution in [2.75, 3.05) is 5.73 Å². The van der Waals surface area contributed by atoms with Crippen molar-refractivity contribution in [3.8, 4) is 0 Å². The molecule has 0 aliphatic heterocycles. The number of benzene rings is 1. The third-order valence-corrected chi connectivity index (χ3v) is 2.98. The average Bonchev–Trinajstić information content (AvgIpc) is 2.24. The van der Waals surface area contributed by atoms with Crippen LogP contribution < -0.4 is 5.73 Å². The second-order valence-corrected chi connectivity index (χ2v) is 5.54. The largest absolute Gasteiger partial charge is 0.418 e. The molecule has 0 unspecified atom stereocenters. The molecule has 19 heavy (non-hydrogen) atoms. The van der Waals surface area contributed by atoms with E-state index in [0.717, 1.165) is 6.07 Å². The minimum atomic E-state index is -4.42. The van der Waals surface area contributed by atoms with Crippen LogP contribution in [-0.2, 0) is 11.6 Å². The Morgan fingerprint density at radius 3 is 2.26 bits per heavy atom. The van der Waals surface area contributed by atoms with Gasteiger partial charge in [0, 0.05) is 5.39 Å². The number of anilines is 1. The van der Waals surface area contributed by atoms with Crippen molar-refractivity contribution in [2.45, 2.75) is 32.4 Å². The maximum absolute atomic E-state index is 13.0. The van der Waals surface area contributed by atoms with Crippen LogP contribution in [0, 0.1) is 0 Å². The molecule has 0 aliphatic rings. The van der Waals surface area contributed by atoms with Crippen LogP contribution in [0.1, 0.15) is 31.9 Å². The van der Waals surface area contributed by atoms with Crippen molar-refractivity contribution >= 4 is 16.6 Å². The zero-order chi connectivity index (χ0) is 14.4. The molecule has 0 aliphatic carbocycles. The second-order valence-electron chi connectivity index (χ2n) is 5.54. The van der Waals surface area contributed by atoms with E-state index in [0.29, 0.717) is 16.6 Å². The molecule has 0 radical (unpaired) electrons. The number of halogens is 3. The minimum absolute atomic E-state index is 0.0471. The molecular weight excluding hydrogens is 253 g/mol. The first kappa shape index (κ1) is 13.6. The number of alkyl halides is 3. The summed E-state index contributed by atoms with van der Waals surface area (Å²) in [5.41, 5.74) is 5.88. The Hall–Kier alpha value is -1.78. The zero-order valence-electron chi connectivity index (χ0n) is 11.0. The van der Waals surface area contributed by atoms with Crippen LogP contribution >= 0.6 is 0 Å². The van der Waals surface area contributed by atoms with E-state index < -0.39 is 11.7 Å². The van der Waals surface area contributed by atoms with Gasteiger partial charge in [0.05, 0.1) is 23.0 Å². The van der Waals surface area contributed by atoms with Crippen molar-refractivity contribution in [3.63, 3.8) is 0 Å². The van der Waals surface area contributed by atoms with Gasteiger partial charge in [-0.3, -0.25) is 4.98 Å². The van der Waals surface area contributed by atoms with Crippen molar-refractivity contribution in [1.82, 2.24) is 4.98 Å². The maximum Gasteiger partial charge on any atom is 0.418 e. The Kier molecular flexibility index (Phi) is 2.96. The van der Waals surface area contributed by atoms with Gasteiger partial charge in [0.15, 0.2) is 0 Å². The molecule has 0 atom stereocenters. The number of para-hydroxylation sites is 1. The quantitative estimate of drug-likeness (QED) is 0.780. The van der Waals surface area contributed by atoms with Gasteiger partial charge in [-0.15, -0.1) is 0 Å². The standard InChI is InChI=1S/C14H15F3N2/c1-13(2,3)11-8-5-4-6-9(14(15,16)17)12(8)19-7-10(11)18/h4-7H,18H2,1-3H3. The molecule has 0 fully saturated rings. The molecule has 5 heteroatoms. The molecule has 1 aromatic carbocycles. The molecule has 1 heterocycles. The minimum Gasteiger partial charge on any atom is -0.397 e. The highest BCUT2D eigenvalue weighted by Gasteiger charge is 2.34. The Bertz CT molecular complexity index is 625. The molecule has 0 spiro atoms. The first-order valence-corrected chi connectivity index (χ1v) is 5.87. The van der Waals surface area contributed by atoms with Crippen molar-refractivity contribution in [2.24, 2.45) is 0 Å². The Morgan fingerprint density at radius 1 is 1.11 bits per heavy atom. The predicted octanol–water partition coefficient (Wildman–Crippen LogP) is 4.13. The molecule has 0 bridgehead atoms. The molecule has 0 amide bonds. The van der Waals surface area contributed by atoms with Gasteiger partial charge in [-0.2, -0.15) is 13.2 Å². The smallest absolute Gasteiger partial charge is 0.397 e. The predicted molar refractivity (Wildman–Crippen MR) is 69.9 cm³/mol. The van der Waals surface area contributed by atoms with Gasteiger partial charge in [0.25, 0.3) is 0 Å². The third kappa shape index (κ3) is 2.37. The zero-order valence-corrected chi connectivity index (χ0v) is 11.0. The number of rotatable bonds is 0. The van der Waals surface area contributed by atoms with E-state index in [-0.39, 0.29) is 10.9 Å². The van der Waals surface area contributed by atoms with E-state index in [2.05, 4.69) is 4.98 Å². The molecule has 2 aromatic rings. The number of hydrogen-bond donors (Lipinski definition) is 1. The van der Waals surface area contributed by atoms with E-state index in [1.54, 1.807) is 6.07 Å². The van der Waals surface area contributed by atoms with E-state index >= 15 is 0 Å². The molecule has 2 N–H and O–H groups in total. The summed E-state index contributed by atoms with van der Waals surface area (Å²) in [7, 11) is 0. The number of aromatic nitrogens is 1. The summed E-state index contributed by atoms with van der Waals surface area (Å²) >= 11 is 0. The van der Waals surface area contributed by atoms with Gasteiger partial charge in [-0.1, -0.05) is 32.9 Å². The highest BCUT2D eigenvalue weighted by atomic mass is 19.4. The van der Waals surface area contributed by atoms with Gasteiger partial charge < -0.3 is 5.73 Å². The summed E-state index contributed by atoms with van der Waals surface area (Å²) in [4.78, 5) is 3.88. The van der Waals surface area contributed by atoms with Crippen LogP contribution in [0.4, 0.5) is 18.9 Å². The highest BCUT2D eigenvalue weighted by molar-refractivity contribution is 5.89. The van der Waals surface area contributed by atoms with Crippen LogP contribution in [-0.4, -0.2) is 4.98 Å².